The molecule has 2 aromatic rings. The number of fused-ring (bicyclic) bond motifs is 1. The molecule has 0 unspecified atom stereocenters. The first kappa shape index (κ1) is 39.7. The topological polar surface area (TPSA) is 198 Å². The molecule has 2 aromatic carbocycles. The summed E-state index contributed by atoms with van der Waals surface area (Å²) < 4.78 is 55.7. The zero-order chi connectivity index (χ0) is 37.1. The van der Waals surface area contributed by atoms with E-state index in [1.165, 1.54) is 6.92 Å². The van der Waals surface area contributed by atoms with Crippen molar-refractivity contribution in [1.29, 1.82) is 0 Å². The van der Waals surface area contributed by atoms with Crippen LogP contribution >= 0.6 is 24.0 Å². The van der Waals surface area contributed by atoms with E-state index < -0.39 is 72.2 Å². The molecule has 0 aliphatic carbocycles. The van der Waals surface area contributed by atoms with Crippen LogP contribution < -0.4 is 0 Å². The van der Waals surface area contributed by atoms with E-state index in [2.05, 4.69) is 20.1 Å². The first-order valence-electron chi connectivity index (χ1n) is 16.8. The number of esters is 1. The minimum Gasteiger partial charge on any atom is -0.479 e. The van der Waals surface area contributed by atoms with Crippen molar-refractivity contribution in [2.45, 2.75) is 107 Å². The number of thiocarbonyl (C=S) groups is 1. The van der Waals surface area contributed by atoms with Crippen LogP contribution in [0.3, 0.4) is 0 Å². The van der Waals surface area contributed by atoms with Crippen molar-refractivity contribution in [3.05, 3.63) is 92.7 Å². The molecule has 0 amide bonds. The maximum atomic E-state index is 12.6. The molecule has 0 spiro atoms. The summed E-state index contributed by atoms with van der Waals surface area (Å²) >= 11 is 6.39. The number of nitrogens with zero attached hydrogens (tertiary/aromatic N) is 6. The summed E-state index contributed by atoms with van der Waals surface area (Å²) in [4.78, 5) is 18.7. The van der Waals surface area contributed by atoms with Gasteiger partial charge in [0.25, 0.3) is 0 Å². The molecular weight excluding hydrogens is 717 g/mol. The van der Waals surface area contributed by atoms with Gasteiger partial charge >= 0.3 is 5.97 Å². The quantitative estimate of drug-likeness (QED) is 0.0664. The van der Waals surface area contributed by atoms with Crippen molar-refractivity contribution in [3.63, 3.8) is 0 Å². The van der Waals surface area contributed by atoms with Crippen molar-refractivity contribution in [2.24, 2.45) is 10.2 Å². The number of carbonyl (C=O) groups excluding carboxylic acids is 1. The summed E-state index contributed by atoms with van der Waals surface area (Å²) in [7, 11) is 0. The van der Waals surface area contributed by atoms with Gasteiger partial charge in [-0.15, -0.1) is 0 Å². The maximum absolute atomic E-state index is 12.6. The monoisotopic (exact) mass is 758 g/mol. The molecular formula is C34H42N6O10S2. The van der Waals surface area contributed by atoms with Crippen LogP contribution in [-0.4, -0.2) is 96.4 Å². The Morgan fingerprint density at radius 3 is 2.02 bits per heavy atom. The first-order chi connectivity index (χ1) is 25.1. The van der Waals surface area contributed by atoms with E-state index in [-0.39, 0.29) is 24.2 Å². The fourth-order valence-corrected chi connectivity index (χ4v) is 7.54. The summed E-state index contributed by atoms with van der Waals surface area (Å²) in [5, 5.41) is 7.99. The molecule has 18 heteroatoms. The van der Waals surface area contributed by atoms with Crippen LogP contribution in [0.5, 0.6) is 0 Å². The molecule has 0 radical (unpaired) electrons. The molecule has 3 aliphatic rings. The minimum absolute atomic E-state index is 0.0556. The Hall–Kier alpha value is -3.51. The fourth-order valence-electron chi connectivity index (χ4n) is 6.21. The third kappa shape index (κ3) is 10.6. The predicted octanol–water partition coefficient (Wildman–Crippen LogP) is 6.12. The standard InChI is InChI=1S/C34H42N6O10S2/c1-5-44-33(51)52-32-26(38-40-36)29(45-20(2)41)27(23(47-32)18-42-16-21-12-8-6-9-13-21)48-31-25(37-39-35)30-28(49-34(3,4)50-30)24(46-31)19-43-17-22-14-10-7-11-15-22/h6-15,23-32H,5,16-19H2,1-4H3/t23-,24-,25-,26-,27+,28+,29-,30-,31+,32+/m1/s1. The second-order valence-electron chi connectivity index (χ2n) is 12.5. The van der Waals surface area contributed by atoms with Crippen molar-refractivity contribution in [3.8, 4) is 0 Å². The third-order valence-electron chi connectivity index (χ3n) is 8.29. The third-order valence-corrected chi connectivity index (χ3v) is 9.63. The molecule has 3 aliphatic heterocycles. The smallest absolute Gasteiger partial charge is 0.303 e. The normalized spacial score (nSPS) is 30.6. The number of azide groups is 2. The Kier molecular flexibility index (Phi) is 14.5. The molecule has 52 heavy (non-hydrogen) atoms. The minimum atomic E-state index is -1.29. The number of benzene rings is 2. The van der Waals surface area contributed by atoms with E-state index in [1.807, 2.05) is 60.7 Å². The molecule has 10 atom stereocenters. The predicted molar refractivity (Wildman–Crippen MR) is 191 cm³/mol. The maximum Gasteiger partial charge on any atom is 0.303 e. The molecule has 3 fully saturated rings. The lowest BCUT2D eigenvalue weighted by atomic mass is 9.95. The lowest BCUT2D eigenvalue weighted by Gasteiger charge is -2.47. The molecule has 0 bridgehead atoms. The van der Waals surface area contributed by atoms with E-state index in [1.54, 1.807) is 20.8 Å². The van der Waals surface area contributed by atoms with Crippen molar-refractivity contribution in [1.82, 2.24) is 0 Å². The Labute approximate surface area is 310 Å². The van der Waals surface area contributed by atoms with Gasteiger partial charge in [-0.05, 0) is 66.9 Å². The van der Waals surface area contributed by atoms with Gasteiger partial charge in [-0.3, -0.25) is 4.79 Å². The first-order valence-corrected chi connectivity index (χ1v) is 18.1. The van der Waals surface area contributed by atoms with Gasteiger partial charge in [0.2, 0.25) is 4.38 Å². The highest BCUT2D eigenvalue weighted by Crippen LogP contribution is 2.42. The Morgan fingerprint density at radius 2 is 1.44 bits per heavy atom. The van der Waals surface area contributed by atoms with Crippen LogP contribution in [0.2, 0.25) is 0 Å². The molecule has 16 nitrogen and oxygen atoms in total. The van der Waals surface area contributed by atoms with Gasteiger partial charge in [-0.1, -0.05) is 70.9 Å². The van der Waals surface area contributed by atoms with Gasteiger partial charge in [-0.25, -0.2) is 0 Å². The Morgan fingerprint density at radius 1 is 0.865 bits per heavy atom. The van der Waals surface area contributed by atoms with Crippen LogP contribution in [0.25, 0.3) is 20.9 Å². The van der Waals surface area contributed by atoms with Gasteiger partial charge in [-0.2, -0.15) is 0 Å². The van der Waals surface area contributed by atoms with Gasteiger partial charge in [0.1, 0.15) is 54.1 Å². The van der Waals surface area contributed by atoms with Crippen LogP contribution in [0, 0.1) is 0 Å². The number of hydrogen-bond acceptors (Lipinski definition) is 14. The number of thioether (sulfide) groups is 1. The molecule has 3 heterocycles. The SMILES string of the molecule is CCOC(=S)S[C@@H]1O[C@H](COCc2ccccc2)[C@H](O[C@@H]2O[C@H](COCc3ccccc3)[C@@H]3OC(C)(C)O[C@@H]3[C@H]2N=[N+]=[N-])[C@H](OC(C)=O)[C@H]1N=[N+]=[N-]. The number of carbonyl (C=O) groups is 1. The summed E-state index contributed by atoms with van der Waals surface area (Å²) in [6.45, 7) is 7.35. The Balaban J connectivity index is 1.47. The Bertz CT molecular complexity index is 1580. The number of ether oxygens (including phenoxy) is 9. The summed E-state index contributed by atoms with van der Waals surface area (Å²) in [5.41, 5.74) is 20.2. The van der Waals surface area contributed by atoms with E-state index in [0.29, 0.717) is 13.2 Å². The van der Waals surface area contributed by atoms with Crippen LogP contribution in [0.1, 0.15) is 38.8 Å². The highest BCUT2D eigenvalue weighted by Gasteiger charge is 2.58. The lowest BCUT2D eigenvalue weighted by molar-refractivity contribution is -0.300. The van der Waals surface area contributed by atoms with Crippen LogP contribution in [0.4, 0.5) is 0 Å². The zero-order valence-electron chi connectivity index (χ0n) is 29.2. The molecule has 0 saturated carbocycles. The number of hydrogen-bond donors (Lipinski definition) is 0. The summed E-state index contributed by atoms with van der Waals surface area (Å²) in [5.74, 6) is -1.72. The molecule has 280 valence electrons. The van der Waals surface area contributed by atoms with Gasteiger partial charge in [0.05, 0.1) is 33.0 Å². The van der Waals surface area contributed by atoms with E-state index in [4.69, 9.17) is 54.8 Å². The fraction of sp³-hybridized carbons (Fsp3) is 0.588. The molecule has 3 saturated heterocycles. The number of rotatable bonds is 15. The van der Waals surface area contributed by atoms with Crippen molar-refractivity contribution >= 4 is 34.3 Å². The summed E-state index contributed by atoms with van der Waals surface area (Å²) in [6, 6.07) is 16.9. The molecule has 0 aromatic heterocycles. The molecule has 0 N–H and O–H groups in total. The van der Waals surface area contributed by atoms with E-state index in [0.717, 1.165) is 22.9 Å². The van der Waals surface area contributed by atoms with Crippen molar-refractivity contribution in [2.75, 3.05) is 19.8 Å². The largest absolute Gasteiger partial charge is 0.479 e. The van der Waals surface area contributed by atoms with Gasteiger partial charge in [0, 0.05) is 16.7 Å². The van der Waals surface area contributed by atoms with Crippen LogP contribution in [0.15, 0.2) is 70.9 Å². The van der Waals surface area contributed by atoms with E-state index in [9.17, 15) is 15.9 Å². The van der Waals surface area contributed by atoms with Gasteiger partial charge in [0.15, 0.2) is 12.1 Å². The summed E-state index contributed by atoms with van der Waals surface area (Å²) in [6.07, 6.45) is -6.87. The highest BCUT2D eigenvalue weighted by molar-refractivity contribution is 8.22. The molecule has 5 rings (SSSR count). The second kappa shape index (κ2) is 19.0. The van der Waals surface area contributed by atoms with Gasteiger partial charge < -0.3 is 42.6 Å². The average Bonchev–Trinajstić information content (AvgIpc) is 3.45. The van der Waals surface area contributed by atoms with Crippen molar-refractivity contribution < 1.29 is 47.4 Å². The van der Waals surface area contributed by atoms with E-state index >= 15 is 0 Å². The second-order valence-corrected chi connectivity index (χ2v) is 14.2. The zero-order valence-corrected chi connectivity index (χ0v) is 30.8. The lowest BCUT2D eigenvalue weighted by Crippen LogP contribution is -2.63. The van der Waals surface area contributed by atoms with Crippen LogP contribution in [-0.2, 0) is 60.6 Å². The highest BCUT2D eigenvalue weighted by atomic mass is 32.2. The average molecular weight is 759 g/mol.